The average Bonchev–Trinajstić information content (AvgIpc) is 3.03. The molecule has 1 saturated heterocycles. The number of allylic oxidation sites excluding steroid dienone is 5. The second-order valence-electron chi connectivity index (χ2n) is 6.16. The molecule has 1 fully saturated rings. The van der Waals surface area contributed by atoms with E-state index in [2.05, 4.69) is 27.1 Å². The van der Waals surface area contributed by atoms with Gasteiger partial charge < -0.3 is 10.1 Å². The molecule has 0 radical (unpaired) electrons. The summed E-state index contributed by atoms with van der Waals surface area (Å²) in [5.74, 6) is 0.835. The van der Waals surface area contributed by atoms with E-state index in [1.165, 1.54) is 0 Å². The number of fused-ring (bicyclic) bond motifs is 1. The van der Waals surface area contributed by atoms with Gasteiger partial charge in [-0.25, -0.2) is 4.98 Å². The summed E-state index contributed by atoms with van der Waals surface area (Å²) in [7, 11) is 0. The van der Waals surface area contributed by atoms with Gasteiger partial charge in [-0.15, -0.1) is 0 Å². The van der Waals surface area contributed by atoms with Crippen molar-refractivity contribution in [3.05, 3.63) is 53.4 Å². The van der Waals surface area contributed by atoms with E-state index >= 15 is 0 Å². The van der Waals surface area contributed by atoms with Gasteiger partial charge >= 0.3 is 0 Å². The lowest BCUT2D eigenvalue weighted by Gasteiger charge is -2.24. The Kier molecular flexibility index (Phi) is 4.12. The zero-order valence-corrected chi connectivity index (χ0v) is 14.0. The quantitative estimate of drug-likeness (QED) is 0.888. The van der Waals surface area contributed by atoms with Crippen LogP contribution in [0.1, 0.15) is 24.5 Å². The minimum absolute atomic E-state index is 0.0214. The second-order valence-corrected chi connectivity index (χ2v) is 6.60. The van der Waals surface area contributed by atoms with Crippen molar-refractivity contribution in [3.8, 4) is 0 Å². The molecule has 2 N–H and O–H groups in total. The number of ether oxygens (including phenoxy) is 1. The highest BCUT2D eigenvalue weighted by Gasteiger charge is 2.23. The van der Waals surface area contributed by atoms with Gasteiger partial charge in [0.05, 0.1) is 16.6 Å². The van der Waals surface area contributed by atoms with Crippen molar-refractivity contribution in [1.82, 2.24) is 15.2 Å². The van der Waals surface area contributed by atoms with Crippen molar-refractivity contribution >= 4 is 28.3 Å². The normalized spacial score (nSPS) is 22.0. The number of hydrogen-bond donors (Lipinski definition) is 2. The summed E-state index contributed by atoms with van der Waals surface area (Å²) in [6, 6.07) is 2.28. The average molecular weight is 343 g/mol. The number of halogens is 1. The first-order chi connectivity index (χ1) is 11.7. The van der Waals surface area contributed by atoms with Crippen LogP contribution in [-0.2, 0) is 4.74 Å². The van der Waals surface area contributed by atoms with Crippen LogP contribution in [0.2, 0.25) is 0 Å². The number of aromatic amines is 1. The minimum atomic E-state index is -0.0214. The zero-order valence-electron chi connectivity index (χ0n) is 13.3. The fourth-order valence-corrected chi connectivity index (χ4v) is 3.43. The molecule has 124 valence electrons. The van der Waals surface area contributed by atoms with Crippen LogP contribution in [0, 0.1) is 0 Å². The predicted octanol–water partition coefficient (Wildman–Crippen LogP) is 3.88. The van der Waals surface area contributed by atoms with E-state index in [-0.39, 0.29) is 5.92 Å². The maximum atomic E-state index is 6.19. The number of hydrogen-bond acceptors (Lipinski definition) is 4. The maximum absolute atomic E-state index is 6.19. The lowest BCUT2D eigenvalue weighted by atomic mass is 9.91. The van der Waals surface area contributed by atoms with Crippen molar-refractivity contribution in [1.29, 1.82) is 0 Å². The number of aromatic nitrogens is 3. The highest BCUT2D eigenvalue weighted by molar-refractivity contribution is 6.31. The van der Waals surface area contributed by atoms with E-state index in [0.29, 0.717) is 11.1 Å². The van der Waals surface area contributed by atoms with Gasteiger partial charge in [-0.05, 0) is 30.6 Å². The van der Waals surface area contributed by atoms with Gasteiger partial charge in [-0.1, -0.05) is 30.3 Å². The molecule has 0 saturated carbocycles. The van der Waals surface area contributed by atoms with Gasteiger partial charge in [0, 0.05) is 36.4 Å². The Morgan fingerprint density at radius 2 is 2.12 bits per heavy atom. The molecule has 0 spiro atoms. The van der Waals surface area contributed by atoms with Crippen LogP contribution in [0.4, 0.5) is 5.82 Å². The van der Waals surface area contributed by atoms with Crippen molar-refractivity contribution in [2.75, 3.05) is 18.5 Å². The topological polar surface area (TPSA) is 62.8 Å². The number of anilines is 1. The third-order valence-electron chi connectivity index (χ3n) is 4.55. The molecule has 1 aliphatic carbocycles. The van der Waals surface area contributed by atoms with Gasteiger partial charge in [-0.2, -0.15) is 5.10 Å². The van der Waals surface area contributed by atoms with Crippen LogP contribution in [0.3, 0.4) is 0 Å². The van der Waals surface area contributed by atoms with Crippen LogP contribution in [0.25, 0.3) is 10.9 Å². The molecule has 2 aromatic heterocycles. The summed E-state index contributed by atoms with van der Waals surface area (Å²) in [6.07, 6.45) is 9.54. The number of pyridine rings is 1. The highest BCUT2D eigenvalue weighted by atomic mass is 35.5. The van der Waals surface area contributed by atoms with Crippen molar-refractivity contribution in [2.24, 2.45) is 0 Å². The van der Waals surface area contributed by atoms with Gasteiger partial charge in [0.15, 0.2) is 0 Å². The summed E-state index contributed by atoms with van der Waals surface area (Å²) < 4.78 is 5.43. The fourth-order valence-electron chi connectivity index (χ4n) is 3.24. The molecule has 4 rings (SSSR count). The van der Waals surface area contributed by atoms with Crippen molar-refractivity contribution in [2.45, 2.75) is 24.8 Å². The molecule has 2 aliphatic rings. The lowest BCUT2D eigenvalue weighted by Crippen LogP contribution is -2.28. The molecule has 1 aliphatic heterocycles. The van der Waals surface area contributed by atoms with Gasteiger partial charge in [0.1, 0.15) is 5.82 Å². The number of nitrogens with one attached hydrogen (secondary N) is 2. The molecule has 0 amide bonds. The second kappa shape index (κ2) is 6.42. The molecule has 2 aromatic rings. The van der Waals surface area contributed by atoms with E-state index in [1.807, 2.05) is 24.3 Å². The molecule has 0 bridgehead atoms. The van der Waals surface area contributed by atoms with Gasteiger partial charge in [0.25, 0.3) is 0 Å². The molecule has 5 nitrogen and oxygen atoms in total. The molecular weight excluding hydrogens is 324 g/mol. The Labute approximate surface area is 145 Å². The van der Waals surface area contributed by atoms with E-state index in [1.54, 1.807) is 6.20 Å². The molecule has 0 aromatic carbocycles. The fraction of sp³-hybridized carbons (Fsp3) is 0.333. The third-order valence-corrected chi connectivity index (χ3v) is 4.80. The predicted molar refractivity (Wildman–Crippen MR) is 96.3 cm³/mol. The zero-order chi connectivity index (χ0) is 16.5. The van der Waals surface area contributed by atoms with Crippen LogP contribution in [0.5, 0.6) is 0 Å². The Morgan fingerprint density at radius 3 is 2.96 bits per heavy atom. The molecular formula is C18H19ClN4O. The number of H-pyrrole nitrogens is 1. The van der Waals surface area contributed by atoms with E-state index in [4.69, 9.17) is 16.3 Å². The molecule has 24 heavy (non-hydrogen) atoms. The summed E-state index contributed by atoms with van der Waals surface area (Å²) in [5.41, 5.74) is 2.84. The maximum Gasteiger partial charge on any atom is 0.137 e. The first-order valence-corrected chi connectivity index (χ1v) is 8.51. The summed E-state index contributed by atoms with van der Waals surface area (Å²) >= 11 is 6.19. The van der Waals surface area contributed by atoms with Crippen LogP contribution < -0.4 is 5.32 Å². The van der Waals surface area contributed by atoms with E-state index in [0.717, 1.165) is 54.0 Å². The summed E-state index contributed by atoms with van der Waals surface area (Å²) in [6.45, 7) is 5.72. The Morgan fingerprint density at radius 1 is 1.29 bits per heavy atom. The van der Waals surface area contributed by atoms with Crippen LogP contribution in [0.15, 0.2) is 47.7 Å². The van der Waals surface area contributed by atoms with Crippen LogP contribution in [-0.4, -0.2) is 34.4 Å². The SMILES string of the molecule is C=C1C=CC(Cl)=CC1c1[nH]nc2ccnc(NC3CCOCC3)c12. The third kappa shape index (κ3) is 2.85. The molecule has 6 heteroatoms. The standard InChI is InChI=1S/C18H19ClN4O/c1-11-2-3-12(19)10-14(11)17-16-15(22-23-17)4-7-20-18(16)21-13-5-8-24-9-6-13/h2-4,7,10,13-14H,1,5-6,8-9H2,(H,20,21)(H,22,23). The Balaban J connectivity index is 1.74. The monoisotopic (exact) mass is 342 g/mol. The molecule has 3 heterocycles. The lowest BCUT2D eigenvalue weighted by molar-refractivity contribution is 0.0904. The van der Waals surface area contributed by atoms with E-state index < -0.39 is 0 Å². The Bertz CT molecular complexity index is 833. The smallest absolute Gasteiger partial charge is 0.137 e. The summed E-state index contributed by atoms with van der Waals surface area (Å²) in [4.78, 5) is 4.56. The minimum Gasteiger partial charge on any atom is -0.381 e. The van der Waals surface area contributed by atoms with E-state index in [9.17, 15) is 0 Å². The molecule has 1 atom stereocenters. The van der Waals surface area contributed by atoms with Crippen molar-refractivity contribution < 1.29 is 4.74 Å². The molecule has 1 unspecified atom stereocenters. The van der Waals surface area contributed by atoms with Gasteiger partial charge in [0.2, 0.25) is 0 Å². The van der Waals surface area contributed by atoms with Gasteiger partial charge in [-0.3, -0.25) is 5.10 Å². The first kappa shape index (κ1) is 15.4. The number of nitrogens with zero attached hydrogens (tertiary/aromatic N) is 2. The number of rotatable bonds is 3. The Hall–Kier alpha value is -2.11. The summed E-state index contributed by atoms with van der Waals surface area (Å²) in [5, 5.41) is 12.9. The highest BCUT2D eigenvalue weighted by Crippen LogP contribution is 2.36. The largest absolute Gasteiger partial charge is 0.381 e. The van der Waals surface area contributed by atoms with Crippen molar-refractivity contribution in [3.63, 3.8) is 0 Å². The van der Waals surface area contributed by atoms with Crippen LogP contribution >= 0.6 is 11.6 Å². The first-order valence-electron chi connectivity index (χ1n) is 8.14.